The molecule has 0 aliphatic heterocycles. The third-order valence-electron chi connectivity index (χ3n) is 4.04. The van der Waals surface area contributed by atoms with Crippen LogP contribution >= 0.6 is 15.9 Å². The van der Waals surface area contributed by atoms with Crippen molar-refractivity contribution in [3.63, 3.8) is 0 Å². The molecule has 2 rings (SSSR count). The lowest BCUT2D eigenvalue weighted by molar-refractivity contribution is -0.0161. The molecule has 1 unspecified atom stereocenters. The van der Waals surface area contributed by atoms with Crippen LogP contribution in [0.4, 0.5) is 4.39 Å². The Hall–Kier alpha value is -0.410. The quantitative estimate of drug-likeness (QED) is 0.873. The second-order valence-corrected chi connectivity index (χ2v) is 6.46. The van der Waals surface area contributed by atoms with Crippen molar-refractivity contribution in [3.8, 4) is 0 Å². The minimum atomic E-state index is -0.739. The molecule has 3 heteroatoms. The molecule has 1 nitrogen and oxygen atoms in total. The largest absolute Gasteiger partial charge is 0.390 e. The molecule has 1 aromatic rings. The van der Waals surface area contributed by atoms with Gasteiger partial charge < -0.3 is 5.11 Å². The molecule has 1 fully saturated rings. The van der Waals surface area contributed by atoms with Crippen LogP contribution in [0.5, 0.6) is 0 Å². The molecule has 1 N–H and O–H groups in total. The maximum Gasteiger partial charge on any atom is 0.123 e. The van der Waals surface area contributed by atoms with E-state index in [0.29, 0.717) is 12.3 Å². The van der Waals surface area contributed by atoms with Crippen molar-refractivity contribution in [2.45, 2.75) is 51.0 Å². The number of halogens is 2. The number of rotatable bonds is 3. The van der Waals surface area contributed by atoms with Crippen LogP contribution in [0.3, 0.4) is 0 Å². The minimum Gasteiger partial charge on any atom is -0.390 e. The topological polar surface area (TPSA) is 20.2 Å². The highest BCUT2D eigenvalue weighted by molar-refractivity contribution is 9.10. The highest BCUT2D eigenvalue weighted by Gasteiger charge is 2.33. The van der Waals surface area contributed by atoms with Crippen LogP contribution in [-0.4, -0.2) is 10.7 Å². The first-order chi connectivity index (χ1) is 8.49. The molecular formula is C15H20BrFO. The SMILES string of the molecule is CC(O)(Cc1cc(F)ccc1Br)C1CCCCC1. The van der Waals surface area contributed by atoms with E-state index in [4.69, 9.17) is 0 Å². The van der Waals surface area contributed by atoms with Gasteiger partial charge in [0.05, 0.1) is 5.60 Å². The molecule has 1 aromatic carbocycles. The first-order valence-electron chi connectivity index (χ1n) is 6.65. The van der Waals surface area contributed by atoms with Crippen LogP contribution in [0.2, 0.25) is 0 Å². The monoisotopic (exact) mass is 314 g/mol. The van der Waals surface area contributed by atoms with Gasteiger partial charge in [-0.3, -0.25) is 0 Å². The molecule has 0 aromatic heterocycles. The summed E-state index contributed by atoms with van der Waals surface area (Å²) in [6, 6.07) is 4.66. The van der Waals surface area contributed by atoms with Crippen molar-refractivity contribution in [1.82, 2.24) is 0 Å². The fraction of sp³-hybridized carbons (Fsp3) is 0.600. The van der Waals surface area contributed by atoms with E-state index in [1.807, 2.05) is 6.92 Å². The van der Waals surface area contributed by atoms with Crippen LogP contribution in [-0.2, 0) is 6.42 Å². The van der Waals surface area contributed by atoms with Gasteiger partial charge in [-0.05, 0) is 49.4 Å². The summed E-state index contributed by atoms with van der Waals surface area (Å²) in [7, 11) is 0. The number of hydrogen-bond acceptors (Lipinski definition) is 1. The first kappa shape index (κ1) is 14.0. The molecule has 1 aliphatic rings. The molecule has 18 heavy (non-hydrogen) atoms. The third-order valence-corrected chi connectivity index (χ3v) is 4.81. The van der Waals surface area contributed by atoms with E-state index in [0.717, 1.165) is 22.9 Å². The summed E-state index contributed by atoms with van der Waals surface area (Å²) in [6.07, 6.45) is 6.35. The van der Waals surface area contributed by atoms with Gasteiger partial charge >= 0.3 is 0 Å². The van der Waals surface area contributed by atoms with Gasteiger partial charge in [-0.15, -0.1) is 0 Å². The van der Waals surface area contributed by atoms with Crippen LogP contribution in [0.1, 0.15) is 44.6 Å². The lowest BCUT2D eigenvalue weighted by Gasteiger charge is -2.36. The normalized spacial score (nSPS) is 20.7. The van der Waals surface area contributed by atoms with Crippen molar-refractivity contribution in [3.05, 3.63) is 34.1 Å². The maximum atomic E-state index is 13.3. The van der Waals surface area contributed by atoms with E-state index in [1.165, 1.54) is 31.4 Å². The van der Waals surface area contributed by atoms with Gasteiger partial charge in [-0.25, -0.2) is 4.39 Å². The van der Waals surface area contributed by atoms with Gasteiger partial charge in [-0.2, -0.15) is 0 Å². The standard InChI is InChI=1S/C15H20BrFO/c1-15(18,12-5-3-2-4-6-12)10-11-9-13(17)7-8-14(11)16/h7-9,12,18H,2-6,10H2,1H3. The van der Waals surface area contributed by atoms with E-state index in [-0.39, 0.29) is 5.82 Å². The number of benzene rings is 1. The van der Waals surface area contributed by atoms with Gasteiger partial charge in [-0.1, -0.05) is 35.2 Å². The molecule has 0 spiro atoms. The van der Waals surface area contributed by atoms with E-state index >= 15 is 0 Å². The van der Waals surface area contributed by atoms with Gasteiger partial charge in [0, 0.05) is 10.9 Å². The minimum absolute atomic E-state index is 0.243. The average Bonchev–Trinajstić information content (AvgIpc) is 2.35. The van der Waals surface area contributed by atoms with Crippen molar-refractivity contribution in [2.24, 2.45) is 5.92 Å². The third kappa shape index (κ3) is 3.33. The molecule has 0 saturated heterocycles. The van der Waals surface area contributed by atoms with E-state index in [1.54, 1.807) is 6.07 Å². The Labute approximate surface area is 117 Å². The molecule has 0 heterocycles. The lowest BCUT2D eigenvalue weighted by Crippen LogP contribution is -2.38. The maximum absolute atomic E-state index is 13.3. The smallest absolute Gasteiger partial charge is 0.123 e. The summed E-state index contributed by atoms with van der Waals surface area (Å²) >= 11 is 3.43. The second-order valence-electron chi connectivity index (χ2n) is 5.60. The zero-order chi connectivity index (χ0) is 13.2. The molecule has 100 valence electrons. The molecule has 1 atom stereocenters. The van der Waals surface area contributed by atoms with Crippen LogP contribution < -0.4 is 0 Å². The second kappa shape index (κ2) is 5.70. The molecule has 1 aliphatic carbocycles. The van der Waals surface area contributed by atoms with Gasteiger partial charge in [0.2, 0.25) is 0 Å². The zero-order valence-corrected chi connectivity index (χ0v) is 12.3. The summed E-state index contributed by atoms with van der Waals surface area (Å²) < 4.78 is 14.1. The van der Waals surface area contributed by atoms with Crippen LogP contribution in [0.15, 0.2) is 22.7 Å². The van der Waals surface area contributed by atoms with Crippen LogP contribution in [0, 0.1) is 11.7 Å². The summed E-state index contributed by atoms with van der Waals surface area (Å²) in [5.41, 5.74) is 0.113. The fourth-order valence-corrected chi connectivity index (χ4v) is 3.32. The van der Waals surface area contributed by atoms with E-state index in [2.05, 4.69) is 15.9 Å². The Morgan fingerprint density at radius 1 is 1.33 bits per heavy atom. The Kier molecular flexibility index (Phi) is 4.44. The summed E-state index contributed by atoms with van der Waals surface area (Å²) in [4.78, 5) is 0. The molecular weight excluding hydrogens is 295 g/mol. The summed E-state index contributed by atoms with van der Waals surface area (Å²) in [5, 5.41) is 10.7. The molecule has 1 saturated carbocycles. The molecule has 0 bridgehead atoms. The van der Waals surface area contributed by atoms with Crippen LogP contribution in [0.25, 0.3) is 0 Å². The summed E-state index contributed by atoms with van der Waals surface area (Å²) in [6.45, 7) is 1.89. The van der Waals surface area contributed by atoms with Crippen molar-refractivity contribution in [1.29, 1.82) is 0 Å². The average molecular weight is 315 g/mol. The Bertz CT molecular complexity index is 411. The summed E-state index contributed by atoms with van der Waals surface area (Å²) in [5.74, 6) is 0.0917. The predicted molar refractivity (Wildman–Crippen MR) is 75.0 cm³/mol. The molecule has 0 amide bonds. The van der Waals surface area contributed by atoms with Crippen molar-refractivity contribution < 1.29 is 9.50 Å². The highest BCUT2D eigenvalue weighted by atomic mass is 79.9. The Balaban J connectivity index is 2.13. The zero-order valence-electron chi connectivity index (χ0n) is 10.8. The Morgan fingerprint density at radius 3 is 2.67 bits per heavy atom. The molecule has 0 radical (unpaired) electrons. The van der Waals surface area contributed by atoms with Gasteiger partial charge in [0.15, 0.2) is 0 Å². The first-order valence-corrected chi connectivity index (χ1v) is 7.44. The van der Waals surface area contributed by atoms with Gasteiger partial charge in [0.25, 0.3) is 0 Å². The van der Waals surface area contributed by atoms with Gasteiger partial charge in [0.1, 0.15) is 5.82 Å². The number of hydrogen-bond donors (Lipinski definition) is 1. The lowest BCUT2D eigenvalue weighted by atomic mass is 9.75. The van der Waals surface area contributed by atoms with E-state index < -0.39 is 5.60 Å². The Morgan fingerprint density at radius 2 is 2.00 bits per heavy atom. The van der Waals surface area contributed by atoms with E-state index in [9.17, 15) is 9.50 Å². The van der Waals surface area contributed by atoms with Crippen molar-refractivity contribution >= 4 is 15.9 Å². The predicted octanol–water partition coefficient (Wildman–Crippen LogP) is 4.46. The van der Waals surface area contributed by atoms with Crippen molar-refractivity contribution in [2.75, 3.05) is 0 Å². The number of aliphatic hydroxyl groups is 1. The fourth-order valence-electron chi connectivity index (χ4n) is 2.93. The highest BCUT2D eigenvalue weighted by Crippen LogP contribution is 2.35.